The molecule has 2 N–H and O–H groups in total. The summed E-state index contributed by atoms with van der Waals surface area (Å²) in [5.74, 6) is -0.459. The first-order valence-electron chi connectivity index (χ1n) is 8.61. The lowest BCUT2D eigenvalue weighted by atomic mass is 10.1. The molecule has 0 aliphatic rings. The Labute approximate surface area is 165 Å². The number of fused-ring (bicyclic) bond motifs is 1. The summed E-state index contributed by atoms with van der Waals surface area (Å²) < 4.78 is 15.0. The fourth-order valence-electron chi connectivity index (χ4n) is 2.85. The number of imidazole rings is 1. The number of aromatic nitrogens is 2. The van der Waals surface area contributed by atoms with E-state index >= 15 is 0 Å². The number of nitrogens with one attached hydrogen (secondary N) is 2. The Balaban J connectivity index is 1.44. The third-order valence-electron chi connectivity index (χ3n) is 4.22. The zero-order valence-electron chi connectivity index (χ0n) is 14.7. The van der Waals surface area contributed by atoms with Crippen LogP contribution < -0.4 is 10.6 Å². The minimum Gasteiger partial charge on any atom is -0.334 e. The van der Waals surface area contributed by atoms with E-state index in [4.69, 9.17) is 11.6 Å². The van der Waals surface area contributed by atoms with Crippen molar-refractivity contribution in [2.75, 3.05) is 5.32 Å². The van der Waals surface area contributed by atoms with Crippen molar-refractivity contribution in [2.24, 2.45) is 0 Å². The van der Waals surface area contributed by atoms with Gasteiger partial charge in [0.25, 0.3) is 0 Å². The number of urea groups is 1. The van der Waals surface area contributed by atoms with Crippen LogP contribution in [0.1, 0.15) is 5.56 Å². The van der Waals surface area contributed by atoms with Gasteiger partial charge in [-0.05, 0) is 42.0 Å². The molecule has 0 aliphatic carbocycles. The van der Waals surface area contributed by atoms with Gasteiger partial charge in [0.1, 0.15) is 11.5 Å². The summed E-state index contributed by atoms with van der Waals surface area (Å²) in [5.41, 5.74) is 3.96. The Kier molecular flexibility index (Phi) is 4.95. The standard InChI is InChI=1S/C21H16ClFN4O/c22-17-11-16(23)7-8-18(17)26-21(28)24-12-14-4-3-5-15(10-14)19-13-27-9-2-1-6-20(27)25-19/h1-11,13H,12H2,(H2,24,26,28). The van der Waals surface area contributed by atoms with Gasteiger partial charge in [0.15, 0.2) is 0 Å². The summed E-state index contributed by atoms with van der Waals surface area (Å²) in [6.45, 7) is 0.325. The summed E-state index contributed by atoms with van der Waals surface area (Å²) in [6, 6.07) is 17.0. The number of hydrogen-bond acceptors (Lipinski definition) is 2. The molecule has 2 heterocycles. The van der Waals surface area contributed by atoms with Crippen molar-refractivity contribution in [3.63, 3.8) is 0 Å². The van der Waals surface area contributed by atoms with Gasteiger partial charge in [0.2, 0.25) is 0 Å². The van der Waals surface area contributed by atoms with Gasteiger partial charge >= 0.3 is 6.03 Å². The van der Waals surface area contributed by atoms with Gasteiger partial charge < -0.3 is 15.0 Å². The summed E-state index contributed by atoms with van der Waals surface area (Å²) in [5, 5.41) is 5.52. The Hall–Kier alpha value is -3.38. The normalized spacial score (nSPS) is 10.8. The molecule has 7 heteroatoms. The lowest BCUT2D eigenvalue weighted by Gasteiger charge is -2.09. The summed E-state index contributed by atoms with van der Waals surface area (Å²) in [4.78, 5) is 16.7. The van der Waals surface area contributed by atoms with E-state index in [2.05, 4.69) is 15.6 Å². The van der Waals surface area contributed by atoms with Crippen LogP contribution in [0.3, 0.4) is 0 Å². The van der Waals surface area contributed by atoms with Gasteiger partial charge in [-0.25, -0.2) is 14.2 Å². The fourth-order valence-corrected chi connectivity index (χ4v) is 3.07. The van der Waals surface area contributed by atoms with Crippen molar-refractivity contribution in [1.82, 2.24) is 14.7 Å². The Morgan fingerprint density at radius 3 is 2.82 bits per heavy atom. The van der Waals surface area contributed by atoms with E-state index in [1.54, 1.807) is 0 Å². The summed E-state index contributed by atoms with van der Waals surface area (Å²) in [6.07, 6.45) is 3.91. The smallest absolute Gasteiger partial charge is 0.319 e. The quantitative estimate of drug-likeness (QED) is 0.505. The van der Waals surface area contributed by atoms with E-state index in [0.717, 1.165) is 28.5 Å². The number of pyridine rings is 1. The van der Waals surface area contributed by atoms with E-state index in [0.29, 0.717) is 12.2 Å². The molecule has 0 atom stereocenters. The third kappa shape index (κ3) is 3.97. The topological polar surface area (TPSA) is 58.4 Å². The lowest BCUT2D eigenvalue weighted by Crippen LogP contribution is -2.28. The molecule has 4 aromatic rings. The van der Waals surface area contributed by atoms with Crippen molar-refractivity contribution >= 4 is 29.0 Å². The molecule has 140 valence electrons. The highest BCUT2D eigenvalue weighted by Gasteiger charge is 2.08. The monoisotopic (exact) mass is 394 g/mol. The second-order valence-corrected chi connectivity index (χ2v) is 6.63. The first-order chi connectivity index (χ1) is 13.6. The number of amides is 2. The predicted octanol–water partition coefficient (Wildman–Crippen LogP) is 5.12. The molecule has 0 radical (unpaired) electrons. The molecule has 2 amide bonds. The van der Waals surface area contributed by atoms with Crippen LogP contribution in [0.4, 0.5) is 14.9 Å². The predicted molar refractivity (Wildman–Crippen MR) is 108 cm³/mol. The number of carbonyl (C=O) groups excluding carboxylic acids is 1. The Bertz CT molecular complexity index is 1130. The van der Waals surface area contributed by atoms with Gasteiger partial charge in [-0.1, -0.05) is 35.9 Å². The molecule has 5 nitrogen and oxygen atoms in total. The molecule has 0 saturated heterocycles. The van der Waals surface area contributed by atoms with Gasteiger partial charge in [0.05, 0.1) is 16.4 Å². The Morgan fingerprint density at radius 1 is 1.11 bits per heavy atom. The van der Waals surface area contributed by atoms with Crippen molar-refractivity contribution in [2.45, 2.75) is 6.54 Å². The second-order valence-electron chi connectivity index (χ2n) is 6.22. The SMILES string of the molecule is O=C(NCc1cccc(-c2cn3ccccc3n2)c1)Nc1ccc(F)cc1Cl. The summed E-state index contributed by atoms with van der Waals surface area (Å²) in [7, 11) is 0. The van der Waals surface area contributed by atoms with Gasteiger partial charge in [-0.15, -0.1) is 0 Å². The average Bonchev–Trinajstić information content (AvgIpc) is 3.13. The molecular weight excluding hydrogens is 379 g/mol. The highest BCUT2D eigenvalue weighted by molar-refractivity contribution is 6.33. The highest BCUT2D eigenvalue weighted by Crippen LogP contribution is 2.23. The molecule has 0 aliphatic heterocycles. The molecule has 0 unspecified atom stereocenters. The van der Waals surface area contributed by atoms with Gasteiger partial charge in [0, 0.05) is 24.5 Å². The highest BCUT2D eigenvalue weighted by atomic mass is 35.5. The number of benzene rings is 2. The molecule has 2 aromatic carbocycles. The number of carbonyl (C=O) groups is 1. The van der Waals surface area contributed by atoms with Crippen LogP contribution >= 0.6 is 11.6 Å². The zero-order valence-corrected chi connectivity index (χ0v) is 15.4. The second kappa shape index (κ2) is 7.70. The van der Waals surface area contributed by atoms with Crippen molar-refractivity contribution < 1.29 is 9.18 Å². The molecule has 4 rings (SSSR count). The first kappa shape index (κ1) is 18.0. The zero-order chi connectivity index (χ0) is 19.5. The minimum absolute atomic E-state index is 0.143. The van der Waals surface area contributed by atoms with Crippen molar-refractivity contribution in [3.05, 3.63) is 89.5 Å². The lowest BCUT2D eigenvalue weighted by molar-refractivity contribution is 0.251. The maximum atomic E-state index is 13.1. The number of hydrogen-bond donors (Lipinski definition) is 2. The van der Waals surface area contributed by atoms with E-state index in [1.165, 1.54) is 12.1 Å². The van der Waals surface area contributed by atoms with E-state index < -0.39 is 11.8 Å². The van der Waals surface area contributed by atoms with Crippen molar-refractivity contribution in [1.29, 1.82) is 0 Å². The van der Waals surface area contributed by atoms with Crippen LogP contribution in [-0.2, 0) is 6.54 Å². The number of anilines is 1. The maximum Gasteiger partial charge on any atom is 0.319 e. The molecule has 0 saturated carbocycles. The molecular formula is C21H16ClFN4O. The first-order valence-corrected chi connectivity index (χ1v) is 8.99. The number of rotatable bonds is 4. The summed E-state index contributed by atoms with van der Waals surface area (Å²) >= 11 is 5.92. The molecule has 2 aromatic heterocycles. The third-order valence-corrected chi connectivity index (χ3v) is 4.53. The average molecular weight is 395 g/mol. The fraction of sp³-hybridized carbons (Fsp3) is 0.0476. The minimum atomic E-state index is -0.459. The van der Waals surface area contributed by atoms with Gasteiger partial charge in [-0.2, -0.15) is 0 Å². The van der Waals surface area contributed by atoms with Crippen LogP contribution in [0.5, 0.6) is 0 Å². The van der Waals surface area contributed by atoms with Gasteiger partial charge in [-0.3, -0.25) is 0 Å². The van der Waals surface area contributed by atoms with Crippen LogP contribution in [0.15, 0.2) is 73.1 Å². The Morgan fingerprint density at radius 2 is 2.00 bits per heavy atom. The molecule has 0 bridgehead atoms. The van der Waals surface area contributed by atoms with Crippen LogP contribution in [-0.4, -0.2) is 15.4 Å². The van der Waals surface area contributed by atoms with E-state index in [1.807, 2.05) is 59.3 Å². The largest absolute Gasteiger partial charge is 0.334 e. The molecule has 28 heavy (non-hydrogen) atoms. The van der Waals surface area contributed by atoms with Crippen LogP contribution in [0.25, 0.3) is 16.9 Å². The maximum absolute atomic E-state index is 13.1. The molecule has 0 fully saturated rings. The number of halogens is 2. The van der Waals surface area contributed by atoms with Crippen LogP contribution in [0.2, 0.25) is 5.02 Å². The molecule has 0 spiro atoms. The van der Waals surface area contributed by atoms with E-state index in [-0.39, 0.29) is 5.02 Å². The van der Waals surface area contributed by atoms with E-state index in [9.17, 15) is 9.18 Å². The van der Waals surface area contributed by atoms with Crippen molar-refractivity contribution in [3.8, 4) is 11.3 Å². The number of nitrogens with zero attached hydrogens (tertiary/aromatic N) is 2. The van der Waals surface area contributed by atoms with Crippen LogP contribution in [0, 0.1) is 5.82 Å².